The van der Waals surface area contributed by atoms with E-state index in [1.54, 1.807) is 6.07 Å². The molecule has 11 nitrogen and oxygen atoms in total. The zero-order valence-corrected chi connectivity index (χ0v) is 15.2. The first-order valence-corrected chi connectivity index (χ1v) is 8.52. The van der Waals surface area contributed by atoms with Crippen LogP contribution in [0.2, 0.25) is 0 Å². The summed E-state index contributed by atoms with van der Waals surface area (Å²) in [5.41, 5.74) is 0.612. The number of nitrogens with one attached hydrogen (secondary N) is 1. The van der Waals surface area contributed by atoms with E-state index in [4.69, 9.17) is 20.1 Å². The van der Waals surface area contributed by atoms with Gasteiger partial charge in [0.05, 0.1) is 18.8 Å². The highest BCUT2D eigenvalue weighted by Crippen LogP contribution is 2.25. The first-order chi connectivity index (χ1) is 13.3. The number of esters is 1. The van der Waals surface area contributed by atoms with Crippen LogP contribution in [0.1, 0.15) is 22.8 Å². The number of aliphatic hydroxyl groups excluding tert-OH is 3. The van der Waals surface area contributed by atoms with Crippen LogP contribution < -0.4 is 16.0 Å². The minimum absolute atomic E-state index is 0.0464. The molecule has 0 saturated carbocycles. The maximum absolute atomic E-state index is 12.5. The molecule has 4 atom stereocenters. The maximum Gasteiger partial charge on any atom is 0.302 e. The van der Waals surface area contributed by atoms with Crippen molar-refractivity contribution in [2.45, 2.75) is 38.1 Å². The van der Waals surface area contributed by atoms with E-state index in [1.807, 2.05) is 0 Å². The van der Waals surface area contributed by atoms with E-state index in [0.29, 0.717) is 5.56 Å². The molecule has 0 unspecified atom stereocenters. The summed E-state index contributed by atoms with van der Waals surface area (Å²) in [6, 6.07) is 4.47. The number of aliphatic hydroxyl groups is 3. The summed E-state index contributed by atoms with van der Waals surface area (Å²) in [5.74, 6) is 3.99. The Morgan fingerprint density at radius 2 is 2.04 bits per heavy atom. The summed E-state index contributed by atoms with van der Waals surface area (Å²) in [6.07, 6.45) is -5.52. The van der Waals surface area contributed by atoms with Crippen LogP contribution in [-0.2, 0) is 25.7 Å². The molecule has 0 aromatic heterocycles. The van der Waals surface area contributed by atoms with Crippen molar-refractivity contribution in [2.75, 3.05) is 19.8 Å². The van der Waals surface area contributed by atoms with Gasteiger partial charge in [-0.3, -0.25) is 9.59 Å². The van der Waals surface area contributed by atoms with Crippen LogP contribution >= 0.6 is 0 Å². The van der Waals surface area contributed by atoms with E-state index in [2.05, 4.69) is 10.2 Å². The van der Waals surface area contributed by atoms with Crippen LogP contribution in [0, 0.1) is 0 Å². The monoisotopic (exact) mass is 400 g/mol. The number of rotatable bonds is 8. The molecule has 1 aliphatic rings. The average molecular weight is 400 g/mol. The molecule has 1 saturated heterocycles. The molecule has 0 aliphatic carbocycles. The predicted octanol–water partition coefficient (Wildman–Crippen LogP) is -1.81. The second-order valence-corrected chi connectivity index (χ2v) is 6.11. The summed E-state index contributed by atoms with van der Waals surface area (Å²) in [5, 5.41) is 31.9. The fraction of sp³-hybridized carbons (Fsp3) is 0.529. The Kier molecular flexibility index (Phi) is 8.11. The number of nitrogens with two attached hydrogens (primary N) is 1. The molecular weight excluding hydrogens is 376 g/mol. The van der Waals surface area contributed by atoms with Crippen molar-refractivity contribution in [3.8, 4) is 5.75 Å². The summed E-state index contributed by atoms with van der Waals surface area (Å²) in [4.78, 5) is 27.9. The van der Waals surface area contributed by atoms with Gasteiger partial charge in [0.1, 0.15) is 30.7 Å². The quantitative estimate of drug-likeness (QED) is 0.190. The Morgan fingerprint density at radius 1 is 1.29 bits per heavy atom. The molecule has 0 radical (unpaired) electrons. The summed E-state index contributed by atoms with van der Waals surface area (Å²) < 4.78 is 15.7. The summed E-state index contributed by atoms with van der Waals surface area (Å²) >= 11 is 0. The third-order valence-electron chi connectivity index (χ3n) is 3.93. The van der Waals surface area contributed by atoms with E-state index in [1.165, 1.54) is 19.1 Å². The number of benzene rings is 1. The number of ether oxygens (including phenoxy) is 3. The standard InChI is InChI=1S/C17H24N2O9/c1-9(20)25-7-10-2-3-13(11(6-10)16(24)19-4-5-27-18)28-17-15(23)14(22)12(21)8-26-17/h2-3,6,12,14-15,17,21-23H,4-5,7-8,18H2,1H3,(H,19,24)/t12-,14+,15-,17+/m1/s1. The van der Waals surface area contributed by atoms with Crippen LogP contribution in [0.3, 0.4) is 0 Å². The Bertz CT molecular complexity index is 685. The van der Waals surface area contributed by atoms with Crippen LogP contribution in [0.15, 0.2) is 18.2 Å². The highest BCUT2D eigenvalue weighted by atomic mass is 16.7. The molecule has 0 bridgehead atoms. The van der Waals surface area contributed by atoms with Gasteiger partial charge >= 0.3 is 5.97 Å². The minimum atomic E-state index is -1.52. The van der Waals surface area contributed by atoms with E-state index in [0.717, 1.165) is 0 Å². The molecule has 0 spiro atoms. The lowest BCUT2D eigenvalue weighted by Gasteiger charge is -2.35. The second kappa shape index (κ2) is 10.3. The number of hydrogen-bond acceptors (Lipinski definition) is 10. The smallest absolute Gasteiger partial charge is 0.302 e. The first-order valence-electron chi connectivity index (χ1n) is 8.52. The van der Waals surface area contributed by atoms with Crippen LogP contribution in [0.4, 0.5) is 0 Å². The van der Waals surface area contributed by atoms with Crippen molar-refractivity contribution in [2.24, 2.45) is 5.90 Å². The third-order valence-corrected chi connectivity index (χ3v) is 3.93. The Labute approximate surface area is 160 Å². The van der Waals surface area contributed by atoms with Gasteiger partial charge in [0.25, 0.3) is 5.91 Å². The first kappa shape index (κ1) is 22.0. The molecular formula is C17H24N2O9. The molecule has 1 amide bonds. The Morgan fingerprint density at radius 3 is 2.71 bits per heavy atom. The largest absolute Gasteiger partial charge is 0.461 e. The van der Waals surface area contributed by atoms with Gasteiger partial charge in [0.15, 0.2) is 0 Å². The van der Waals surface area contributed by atoms with Gasteiger partial charge in [-0.25, -0.2) is 5.90 Å². The molecule has 6 N–H and O–H groups in total. The molecule has 11 heteroatoms. The lowest BCUT2D eigenvalue weighted by Crippen LogP contribution is -2.54. The molecule has 1 aromatic carbocycles. The molecule has 1 heterocycles. The lowest BCUT2D eigenvalue weighted by molar-refractivity contribution is -0.242. The maximum atomic E-state index is 12.5. The zero-order chi connectivity index (χ0) is 20.7. The number of amides is 1. The normalized spacial score (nSPS) is 24.5. The fourth-order valence-electron chi connectivity index (χ4n) is 2.46. The van der Waals surface area contributed by atoms with Gasteiger partial charge in [-0.1, -0.05) is 6.07 Å². The summed E-state index contributed by atoms with van der Waals surface area (Å²) in [7, 11) is 0. The highest BCUT2D eigenvalue weighted by Gasteiger charge is 2.39. The van der Waals surface area contributed by atoms with Crippen molar-refractivity contribution in [3.05, 3.63) is 29.3 Å². The molecule has 1 fully saturated rings. The topological polar surface area (TPSA) is 170 Å². The highest BCUT2D eigenvalue weighted by molar-refractivity contribution is 5.97. The van der Waals surface area contributed by atoms with Gasteiger partial charge in [0.2, 0.25) is 6.29 Å². The third kappa shape index (κ3) is 5.86. The van der Waals surface area contributed by atoms with Gasteiger partial charge in [-0.2, -0.15) is 0 Å². The number of hydrogen-bond donors (Lipinski definition) is 5. The van der Waals surface area contributed by atoms with Gasteiger partial charge in [-0.15, -0.1) is 0 Å². The minimum Gasteiger partial charge on any atom is -0.461 e. The predicted molar refractivity (Wildman–Crippen MR) is 92.8 cm³/mol. The second-order valence-electron chi connectivity index (χ2n) is 6.11. The van der Waals surface area contributed by atoms with Gasteiger partial charge < -0.3 is 39.7 Å². The van der Waals surface area contributed by atoms with Crippen LogP contribution in [0.5, 0.6) is 5.75 Å². The van der Waals surface area contributed by atoms with Gasteiger partial charge in [-0.05, 0) is 17.7 Å². The van der Waals surface area contributed by atoms with Gasteiger partial charge in [0, 0.05) is 13.5 Å². The number of carbonyl (C=O) groups is 2. The van der Waals surface area contributed by atoms with Crippen molar-refractivity contribution in [1.82, 2.24) is 5.32 Å². The van der Waals surface area contributed by atoms with Crippen LogP contribution in [-0.4, -0.2) is 71.6 Å². The SMILES string of the molecule is CC(=O)OCc1ccc(O[C@@H]2OC[C@@H](O)[C@H](O)[C@H]2O)c(C(=O)NCCON)c1. The van der Waals surface area contributed by atoms with Crippen molar-refractivity contribution in [3.63, 3.8) is 0 Å². The molecule has 28 heavy (non-hydrogen) atoms. The van der Waals surface area contributed by atoms with Crippen LogP contribution in [0.25, 0.3) is 0 Å². The van der Waals surface area contributed by atoms with E-state index in [9.17, 15) is 24.9 Å². The van der Waals surface area contributed by atoms with Crippen molar-refractivity contribution < 1.29 is 44.0 Å². The fourth-order valence-corrected chi connectivity index (χ4v) is 2.46. The molecule has 156 valence electrons. The molecule has 1 aromatic rings. The Hall–Kier alpha value is -2.28. The number of carbonyl (C=O) groups excluding carboxylic acids is 2. The summed E-state index contributed by atoms with van der Waals surface area (Å²) in [6.45, 7) is 1.19. The Balaban J connectivity index is 2.20. The zero-order valence-electron chi connectivity index (χ0n) is 15.2. The van der Waals surface area contributed by atoms with E-state index < -0.39 is 36.5 Å². The van der Waals surface area contributed by atoms with Crippen molar-refractivity contribution in [1.29, 1.82) is 0 Å². The molecule has 2 rings (SSSR count). The average Bonchev–Trinajstić information content (AvgIpc) is 2.67. The van der Waals surface area contributed by atoms with E-state index in [-0.39, 0.29) is 37.7 Å². The lowest BCUT2D eigenvalue weighted by atomic mass is 10.1. The van der Waals surface area contributed by atoms with E-state index >= 15 is 0 Å². The molecule has 1 aliphatic heterocycles. The van der Waals surface area contributed by atoms with Crippen molar-refractivity contribution >= 4 is 11.9 Å².